The third kappa shape index (κ3) is 4.38. The van der Waals surface area contributed by atoms with Crippen LogP contribution < -0.4 is 9.64 Å². The number of anilines is 2. The van der Waals surface area contributed by atoms with Gasteiger partial charge < -0.3 is 9.64 Å². The summed E-state index contributed by atoms with van der Waals surface area (Å²) in [5, 5.41) is 9.03. The Balaban J connectivity index is 1.95. The fourth-order valence-corrected chi connectivity index (χ4v) is 2.51. The average Bonchev–Trinajstić information content (AvgIpc) is 2.71. The van der Waals surface area contributed by atoms with Gasteiger partial charge in [0.2, 0.25) is 0 Å². The lowest BCUT2D eigenvalue weighted by Gasteiger charge is -2.22. The molecular weight excluding hydrogens is 369 g/mol. The molecule has 0 aliphatic heterocycles. The molecule has 0 fully saturated rings. The molecule has 0 saturated carbocycles. The van der Waals surface area contributed by atoms with E-state index in [1.807, 2.05) is 36.4 Å². The van der Waals surface area contributed by atoms with Gasteiger partial charge in [0, 0.05) is 18.9 Å². The third-order valence-corrected chi connectivity index (χ3v) is 3.94. The van der Waals surface area contributed by atoms with Gasteiger partial charge in [-0.05, 0) is 23.8 Å². The van der Waals surface area contributed by atoms with Crippen LogP contribution in [0.4, 0.5) is 24.7 Å². The summed E-state index contributed by atoms with van der Waals surface area (Å²) in [6, 6.07) is 17.2. The van der Waals surface area contributed by atoms with Crippen molar-refractivity contribution in [2.45, 2.75) is 12.8 Å². The summed E-state index contributed by atoms with van der Waals surface area (Å²) >= 11 is 0. The Morgan fingerprint density at radius 2 is 1.86 bits per heavy atom. The van der Waals surface area contributed by atoms with E-state index in [2.05, 4.69) is 9.97 Å². The van der Waals surface area contributed by atoms with Gasteiger partial charge in [0.25, 0.3) is 0 Å². The number of rotatable bonds is 5. The molecule has 2 aromatic carbocycles. The van der Waals surface area contributed by atoms with Crippen molar-refractivity contribution in [3.8, 4) is 12.1 Å². The second-order valence-electron chi connectivity index (χ2n) is 5.88. The summed E-state index contributed by atoms with van der Waals surface area (Å²) < 4.78 is 45.8. The number of nitriles is 1. The van der Waals surface area contributed by atoms with Gasteiger partial charge in [-0.25, -0.2) is 4.98 Å². The number of halogens is 3. The van der Waals surface area contributed by atoms with Crippen molar-refractivity contribution in [2.75, 3.05) is 11.9 Å². The number of ether oxygens (including phenoxy) is 1. The van der Waals surface area contributed by atoms with Gasteiger partial charge >= 0.3 is 12.2 Å². The molecule has 0 amide bonds. The molecule has 0 unspecified atom stereocenters. The third-order valence-electron chi connectivity index (χ3n) is 3.94. The first-order valence-electron chi connectivity index (χ1n) is 8.23. The summed E-state index contributed by atoms with van der Waals surface area (Å²) in [5.41, 5.74) is 0.553. The minimum absolute atomic E-state index is 0.124. The van der Waals surface area contributed by atoms with Gasteiger partial charge in [-0.2, -0.15) is 23.4 Å². The van der Waals surface area contributed by atoms with Crippen LogP contribution in [0.25, 0.3) is 0 Å². The highest BCUT2D eigenvalue weighted by Crippen LogP contribution is 2.37. The molecule has 0 aliphatic carbocycles. The number of hydrogen-bond acceptors (Lipinski definition) is 5. The van der Waals surface area contributed by atoms with Crippen LogP contribution in [0.2, 0.25) is 0 Å². The van der Waals surface area contributed by atoms with E-state index >= 15 is 0 Å². The first-order chi connectivity index (χ1) is 13.4. The lowest BCUT2D eigenvalue weighted by Crippen LogP contribution is -2.19. The summed E-state index contributed by atoms with van der Waals surface area (Å²) in [7, 11) is 1.44. The Bertz CT molecular complexity index is 1000. The van der Waals surface area contributed by atoms with Crippen LogP contribution in [-0.4, -0.2) is 17.0 Å². The van der Waals surface area contributed by atoms with Gasteiger partial charge in [0.05, 0.1) is 11.6 Å². The molecule has 0 spiro atoms. The Kier molecular flexibility index (Phi) is 5.45. The van der Waals surface area contributed by atoms with E-state index in [4.69, 9.17) is 10.00 Å². The summed E-state index contributed by atoms with van der Waals surface area (Å²) in [6.45, 7) is 0.124. The molecule has 3 aromatic rings. The predicted octanol–water partition coefficient (Wildman–Crippen LogP) is 4.71. The van der Waals surface area contributed by atoms with E-state index < -0.39 is 11.7 Å². The summed E-state index contributed by atoms with van der Waals surface area (Å²) in [5.74, 6) is -0.361. The smallest absolute Gasteiger partial charge is 0.421 e. The van der Waals surface area contributed by atoms with E-state index in [9.17, 15) is 13.2 Å². The fourth-order valence-electron chi connectivity index (χ4n) is 2.51. The minimum atomic E-state index is -4.64. The van der Waals surface area contributed by atoms with Crippen molar-refractivity contribution < 1.29 is 17.9 Å². The second-order valence-corrected chi connectivity index (χ2v) is 5.88. The molecule has 0 bridgehead atoms. The Labute approximate surface area is 159 Å². The van der Waals surface area contributed by atoms with E-state index in [1.165, 1.54) is 18.0 Å². The van der Waals surface area contributed by atoms with Gasteiger partial charge in [-0.3, -0.25) is 0 Å². The van der Waals surface area contributed by atoms with Crippen molar-refractivity contribution in [1.29, 1.82) is 5.26 Å². The number of aromatic nitrogens is 2. The Hall–Kier alpha value is -3.60. The lowest BCUT2D eigenvalue weighted by atomic mass is 10.2. The van der Waals surface area contributed by atoms with Gasteiger partial charge in [0.1, 0.15) is 12.2 Å². The molecule has 0 aliphatic rings. The highest BCUT2D eigenvalue weighted by atomic mass is 19.4. The summed E-state index contributed by atoms with van der Waals surface area (Å²) in [4.78, 5) is 8.92. The molecule has 0 radical (unpaired) electrons. The monoisotopic (exact) mass is 384 g/mol. The first kappa shape index (κ1) is 19.2. The standard InChI is InChI=1S/C20H15F3N4O/c1-27(16-9-5-8-15(10-16)11-24)18-17(20(21,22)23)12-25-19(26-18)28-13-14-6-3-2-4-7-14/h2-10,12H,13H2,1H3. The van der Waals surface area contributed by atoms with Crippen LogP contribution in [-0.2, 0) is 12.8 Å². The van der Waals surface area contributed by atoms with Crippen molar-refractivity contribution in [1.82, 2.24) is 9.97 Å². The molecule has 8 heteroatoms. The topological polar surface area (TPSA) is 62.0 Å². The van der Waals surface area contributed by atoms with Crippen LogP contribution >= 0.6 is 0 Å². The van der Waals surface area contributed by atoms with Crippen molar-refractivity contribution in [3.63, 3.8) is 0 Å². The van der Waals surface area contributed by atoms with E-state index in [-0.39, 0.29) is 18.4 Å². The molecule has 0 atom stereocenters. The van der Waals surface area contributed by atoms with Crippen LogP contribution in [0.3, 0.4) is 0 Å². The normalized spacial score (nSPS) is 11.0. The van der Waals surface area contributed by atoms with E-state index in [0.29, 0.717) is 17.4 Å². The minimum Gasteiger partial charge on any atom is -0.459 e. The van der Waals surface area contributed by atoms with E-state index in [1.54, 1.807) is 18.2 Å². The molecule has 0 saturated heterocycles. The van der Waals surface area contributed by atoms with Gasteiger partial charge in [-0.15, -0.1) is 0 Å². The zero-order valence-corrected chi connectivity index (χ0v) is 14.8. The van der Waals surface area contributed by atoms with Crippen LogP contribution in [0, 0.1) is 11.3 Å². The van der Waals surface area contributed by atoms with E-state index in [0.717, 1.165) is 5.56 Å². The second kappa shape index (κ2) is 7.96. The van der Waals surface area contributed by atoms with Crippen molar-refractivity contribution in [3.05, 3.63) is 77.5 Å². The Morgan fingerprint density at radius 3 is 2.54 bits per heavy atom. The quantitative estimate of drug-likeness (QED) is 0.637. The zero-order chi connectivity index (χ0) is 20.1. The highest BCUT2D eigenvalue weighted by Gasteiger charge is 2.36. The predicted molar refractivity (Wildman–Crippen MR) is 97.0 cm³/mol. The van der Waals surface area contributed by atoms with Crippen molar-refractivity contribution >= 4 is 11.5 Å². The zero-order valence-electron chi connectivity index (χ0n) is 14.8. The van der Waals surface area contributed by atoms with Crippen LogP contribution in [0.15, 0.2) is 60.8 Å². The maximum Gasteiger partial charge on any atom is 0.421 e. The Morgan fingerprint density at radius 1 is 1.11 bits per heavy atom. The van der Waals surface area contributed by atoms with Crippen LogP contribution in [0.1, 0.15) is 16.7 Å². The molecule has 142 valence electrons. The van der Waals surface area contributed by atoms with Gasteiger partial charge in [0.15, 0.2) is 5.82 Å². The molecule has 3 rings (SSSR count). The maximum absolute atomic E-state index is 13.5. The fraction of sp³-hybridized carbons (Fsp3) is 0.150. The SMILES string of the molecule is CN(c1cccc(C#N)c1)c1nc(OCc2ccccc2)ncc1C(F)(F)F. The lowest BCUT2D eigenvalue weighted by molar-refractivity contribution is -0.137. The molecular formula is C20H15F3N4O. The van der Waals surface area contributed by atoms with Gasteiger partial charge in [-0.1, -0.05) is 36.4 Å². The van der Waals surface area contributed by atoms with Crippen LogP contribution in [0.5, 0.6) is 6.01 Å². The largest absolute Gasteiger partial charge is 0.459 e. The highest BCUT2D eigenvalue weighted by molar-refractivity contribution is 5.64. The number of alkyl halides is 3. The molecule has 5 nitrogen and oxygen atoms in total. The molecule has 0 N–H and O–H groups in total. The molecule has 28 heavy (non-hydrogen) atoms. The average molecular weight is 384 g/mol. The molecule has 1 aromatic heterocycles. The number of benzene rings is 2. The first-order valence-corrected chi connectivity index (χ1v) is 8.23. The summed E-state index contributed by atoms with van der Waals surface area (Å²) in [6.07, 6.45) is -3.94. The number of hydrogen-bond donors (Lipinski definition) is 0. The van der Waals surface area contributed by atoms with Crippen molar-refractivity contribution in [2.24, 2.45) is 0 Å². The number of nitrogens with zero attached hydrogens (tertiary/aromatic N) is 4. The maximum atomic E-state index is 13.5. The molecule has 1 heterocycles.